The molecule has 1 aliphatic rings. The molecule has 146 valence electrons. The summed E-state index contributed by atoms with van der Waals surface area (Å²) < 4.78 is 7.25. The number of rotatable bonds is 5. The third kappa shape index (κ3) is 4.51. The van der Waals surface area contributed by atoms with Crippen molar-refractivity contribution in [3.8, 4) is 0 Å². The van der Waals surface area contributed by atoms with E-state index in [-0.39, 0.29) is 18.2 Å². The van der Waals surface area contributed by atoms with Gasteiger partial charge < -0.3 is 15.0 Å². The molecule has 2 amide bonds. The van der Waals surface area contributed by atoms with Crippen LogP contribution in [0.2, 0.25) is 0 Å². The SMILES string of the molecule is CC1CN(C(=O)NCCCc2nc3ccccc3s2)CC(c2ccccc2)O1. The summed E-state index contributed by atoms with van der Waals surface area (Å²) in [6.45, 7) is 3.87. The van der Waals surface area contributed by atoms with Crippen molar-refractivity contribution < 1.29 is 9.53 Å². The van der Waals surface area contributed by atoms with Crippen LogP contribution in [0.3, 0.4) is 0 Å². The number of urea groups is 1. The van der Waals surface area contributed by atoms with Gasteiger partial charge in [-0.05, 0) is 31.0 Å². The van der Waals surface area contributed by atoms with E-state index in [0.717, 1.165) is 28.9 Å². The average molecular weight is 396 g/mol. The first-order valence-corrected chi connectivity index (χ1v) is 10.6. The van der Waals surface area contributed by atoms with Crippen molar-refractivity contribution in [2.75, 3.05) is 19.6 Å². The summed E-state index contributed by atoms with van der Waals surface area (Å²) >= 11 is 1.73. The number of fused-ring (bicyclic) bond motifs is 1. The molecule has 2 aromatic carbocycles. The zero-order valence-electron chi connectivity index (χ0n) is 16.0. The van der Waals surface area contributed by atoms with Gasteiger partial charge >= 0.3 is 6.03 Å². The molecule has 2 heterocycles. The van der Waals surface area contributed by atoms with E-state index in [1.165, 1.54) is 4.70 Å². The Morgan fingerprint density at radius 3 is 2.79 bits per heavy atom. The summed E-state index contributed by atoms with van der Waals surface area (Å²) in [5.41, 5.74) is 2.17. The molecule has 1 N–H and O–H groups in total. The minimum atomic E-state index is -0.0709. The molecule has 0 bridgehead atoms. The van der Waals surface area contributed by atoms with Crippen LogP contribution in [-0.2, 0) is 11.2 Å². The minimum absolute atomic E-state index is 0.0135. The predicted molar refractivity (Wildman–Crippen MR) is 113 cm³/mol. The number of amides is 2. The van der Waals surface area contributed by atoms with Gasteiger partial charge in [0.2, 0.25) is 0 Å². The van der Waals surface area contributed by atoms with Crippen molar-refractivity contribution in [3.05, 3.63) is 65.2 Å². The number of ether oxygens (including phenoxy) is 1. The second-order valence-corrected chi connectivity index (χ2v) is 8.28. The molecule has 3 aromatic rings. The van der Waals surface area contributed by atoms with E-state index >= 15 is 0 Å². The fraction of sp³-hybridized carbons (Fsp3) is 0.364. The van der Waals surface area contributed by atoms with Crippen LogP contribution >= 0.6 is 11.3 Å². The molecular weight excluding hydrogens is 370 g/mol. The summed E-state index contributed by atoms with van der Waals surface area (Å²) in [5.74, 6) is 0. The van der Waals surface area contributed by atoms with Crippen LogP contribution in [0.25, 0.3) is 10.2 Å². The molecule has 28 heavy (non-hydrogen) atoms. The van der Waals surface area contributed by atoms with Gasteiger partial charge in [-0.15, -0.1) is 11.3 Å². The number of carbonyl (C=O) groups is 1. The number of aromatic nitrogens is 1. The number of hydrogen-bond acceptors (Lipinski definition) is 4. The lowest BCUT2D eigenvalue weighted by atomic mass is 10.1. The highest BCUT2D eigenvalue weighted by molar-refractivity contribution is 7.18. The molecule has 1 aromatic heterocycles. The Morgan fingerprint density at radius 2 is 1.96 bits per heavy atom. The molecule has 6 heteroatoms. The predicted octanol–water partition coefficient (Wildman–Crippen LogP) is 4.40. The lowest BCUT2D eigenvalue weighted by molar-refractivity contribution is -0.0656. The van der Waals surface area contributed by atoms with Crippen LogP contribution < -0.4 is 5.32 Å². The zero-order chi connectivity index (χ0) is 19.3. The molecule has 0 aliphatic carbocycles. The quantitative estimate of drug-likeness (QED) is 0.652. The van der Waals surface area contributed by atoms with Crippen molar-refractivity contribution in [2.45, 2.75) is 32.0 Å². The van der Waals surface area contributed by atoms with Gasteiger partial charge in [-0.1, -0.05) is 42.5 Å². The summed E-state index contributed by atoms with van der Waals surface area (Å²) in [5, 5.41) is 4.18. The number of hydrogen-bond donors (Lipinski definition) is 1. The molecule has 4 rings (SSSR count). The number of nitrogens with zero attached hydrogens (tertiary/aromatic N) is 2. The summed E-state index contributed by atoms with van der Waals surface area (Å²) in [7, 11) is 0. The van der Waals surface area contributed by atoms with Crippen LogP contribution in [0.15, 0.2) is 54.6 Å². The molecule has 2 unspecified atom stereocenters. The van der Waals surface area contributed by atoms with Gasteiger partial charge in [0.15, 0.2) is 0 Å². The highest BCUT2D eigenvalue weighted by Gasteiger charge is 2.29. The minimum Gasteiger partial charge on any atom is -0.367 e. The van der Waals surface area contributed by atoms with E-state index in [4.69, 9.17) is 4.74 Å². The summed E-state index contributed by atoms with van der Waals surface area (Å²) in [6.07, 6.45) is 1.71. The largest absolute Gasteiger partial charge is 0.367 e. The lowest BCUT2D eigenvalue weighted by Crippen LogP contribution is -2.50. The van der Waals surface area contributed by atoms with Crippen molar-refractivity contribution in [2.24, 2.45) is 0 Å². The molecule has 1 fully saturated rings. The normalized spacial score (nSPS) is 19.7. The Morgan fingerprint density at radius 1 is 1.18 bits per heavy atom. The second kappa shape index (κ2) is 8.71. The molecule has 0 saturated carbocycles. The summed E-state index contributed by atoms with van der Waals surface area (Å²) in [4.78, 5) is 19.1. The summed E-state index contributed by atoms with van der Waals surface area (Å²) in [6, 6.07) is 18.3. The first kappa shape index (κ1) is 18.9. The van der Waals surface area contributed by atoms with E-state index in [9.17, 15) is 4.79 Å². The smallest absolute Gasteiger partial charge is 0.317 e. The maximum Gasteiger partial charge on any atom is 0.317 e. The third-order valence-corrected chi connectivity index (χ3v) is 6.00. The Bertz CT molecular complexity index is 895. The highest BCUT2D eigenvalue weighted by Crippen LogP contribution is 2.25. The molecule has 2 atom stereocenters. The third-order valence-electron chi connectivity index (χ3n) is 4.90. The highest BCUT2D eigenvalue weighted by atomic mass is 32.1. The van der Waals surface area contributed by atoms with Crippen molar-refractivity contribution >= 4 is 27.6 Å². The Hall–Kier alpha value is -2.44. The van der Waals surface area contributed by atoms with E-state index in [0.29, 0.717) is 19.6 Å². The fourth-order valence-corrected chi connectivity index (χ4v) is 4.55. The molecule has 1 aliphatic heterocycles. The lowest BCUT2D eigenvalue weighted by Gasteiger charge is -2.37. The first-order valence-electron chi connectivity index (χ1n) is 9.76. The molecule has 0 spiro atoms. The zero-order valence-corrected chi connectivity index (χ0v) is 16.8. The maximum atomic E-state index is 12.6. The average Bonchev–Trinajstić information content (AvgIpc) is 3.14. The monoisotopic (exact) mass is 395 g/mol. The molecule has 1 saturated heterocycles. The van der Waals surface area contributed by atoms with Crippen LogP contribution in [-0.4, -0.2) is 41.7 Å². The molecular formula is C22H25N3O2S. The second-order valence-electron chi connectivity index (χ2n) is 7.16. The number of para-hydroxylation sites is 1. The van der Waals surface area contributed by atoms with Gasteiger partial charge in [0.25, 0.3) is 0 Å². The topological polar surface area (TPSA) is 54.5 Å². The van der Waals surface area contributed by atoms with E-state index in [2.05, 4.69) is 28.5 Å². The maximum absolute atomic E-state index is 12.6. The van der Waals surface area contributed by atoms with E-state index in [1.54, 1.807) is 11.3 Å². The van der Waals surface area contributed by atoms with Crippen LogP contribution in [0, 0.1) is 0 Å². The van der Waals surface area contributed by atoms with Crippen molar-refractivity contribution in [1.82, 2.24) is 15.2 Å². The number of thiazole rings is 1. The van der Waals surface area contributed by atoms with Crippen LogP contribution in [0.1, 0.15) is 30.0 Å². The number of morpholine rings is 1. The number of benzene rings is 2. The Balaban J connectivity index is 1.27. The number of carbonyl (C=O) groups excluding carboxylic acids is 1. The standard InChI is InChI=1S/C22H25N3O2S/c1-16-14-25(15-19(27-16)17-8-3-2-4-9-17)22(26)23-13-7-12-21-24-18-10-5-6-11-20(18)28-21/h2-6,8-11,16,19H,7,12-15H2,1H3,(H,23,26). The first-order chi connectivity index (χ1) is 13.7. The molecule has 5 nitrogen and oxygen atoms in total. The number of aryl methyl sites for hydroxylation is 1. The van der Waals surface area contributed by atoms with Gasteiger partial charge in [-0.25, -0.2) is 9.78 Å². The van der Waals surface area contributed by atoms with E-state index in [1.807, 2.05) is 48.2 Å². The van der Waals surface area contributed by atoms with Crippen LogP contribution in [0.5, 0.6) is 0 Å². The van der Waals surface area contributed by atoms with Gasteiger partial charge in [0, 0.05) is 19.5 Å². The van der Waals surface area contributed by atoms with Gasteiger partial charge in [-0.3, -0.25) is 0 Å². The molecule has 0 radical (unpaired) electrons. The fourth-order valence-electron chi connectivity index (χ4n) is 3.54. The Kier molecular flexibility index (Phi) is 5.88. The van der Waals surface area contributed by atoms with Gasteiger partial charge in [-0.2, -0.15) is 0 Å². The Labute approximate surface area is 169 Å². The van der Waals surface area contributed by atoms with Gasteiger partial charge in [0.1, 0.15) is 6.10 Å². The number of nitrogens with one attached hydrogen (secondary N) is 1. The van der Waals surface area contributed by atoms with Gasteiger partial charge in [0.05, 0.1) is 27.9 Å². The van der Waals surface area contributed by atoms with E-state index < -0.39 is 0 Å². The van der Waals surface area contributed by atoms with Crippen LogP contribution in [0.4, 0.5) is 4.79 Å². The van der Waals surface area contributed by atoms with Crippen molar-refractivity contribution in [3.63, 3.8) is 0 Å². The van der Waals surface area contributed by atoms with Crippen molar-refractivity contribution in [1.29, 1.82) is 0 Å².